The predicted octanol–water partition coefficient (Wildman–Crippen LogP) is 4.39. The van der Waals surface area contributed by atoms with Gasteiger partial charge in [0.1, 0.15) is 6.17 Å². The largest absolute Gasteiger partial charge is 0.339 e. The number of carbonyl (C=O) groups excluding carboxylic acids is 1. The Kier molecular flexibility index (Phi) is 7.60. The van der Waals surface area contributed by atoms with Crippen LogP contribution in [0, 0.1) is 5.41 Å². The molecule has 3 N–H and O–H groups in total. The number of halogens is 3. The maximum absolute atomic E-state index is 12.2. The first-order valence-electron chi connectivity index (χ1n) is 7.48. The quantitative estimate of drug-likeness (QED) is 0.391. The van der Waals surface area contributed by atoms with Gasteiger partial charge in [0, 0.05) is 11.1 Å². The van der Waals surface area contributed by atoms with Crippen molar-refractivity contribution in [2.24, 2.45) is 5.41 Å². The van der Waals surface area contributed by atoms with E-state index in [0.29, 0.717) is 0 Å². The molecule has 0 spiro atoms. The number of rotatable bonds is 4. The highest BCUT2D eigenvalue weighted by Crippen LogP contribution is 2.30. The average Bonchev–Trinajstić information content (AvgIpc) is 2.45. The average molecular weight is 411 g/mol. The van der Waals surface area contributed by atoms with E-state index in [1.54, 1.807) is 20.8 Å². The lowest BCUT2D eigenvalue weighted by molar-refractivity contribution is -0.129. The van der Waals surface area contributed by atoms with Crippen LogP contribution in [0.25, 0.3) is 0 Å². The topological polar surface area (TPSA) is 53.2 Å². The summed E-state index contributed by atoms with van der Waals surface area (Å²) >= 11 is 23.2. The number of hydrogen-bond acceptors (Lipinski definition) is 2. The summed E-state index contributed by atoms with van der Waals surface area (Å²) in [6.07, 6.45) is -0.122. The Morgan fingerprint density at radius 3 is 2.25 bits per heavy atom. The first-order chi connectivity index (χ1) is 10.9. The summed E-state index contributed by atoms with van der Waals surface area (Å²) in [6.45, 7) is 7.36. The number of benzene rings is 1. The fourth-order valence-electron chi connectivity index (χ4n) is 1.79. The fourth-order valence-corrected chi connectivity index (χ4v) is 2.34. The number of alkyl halides is 3. The van der Waals surface area contributed by atoms with E-state index in [1.165, 1.54) is 0 Å². The van der Waals surface area contributed by atoms with Gasteiger partial charge in [-0.15, -0.1) is 0 Å². The van der Waals surface area contributed by atoms with Crippen molar-refractivity contribution in [2.45, 2.75) is 44.1 Å². The van der Waals surface area contributed by atoms with E-state index >= 15 is 0 Å². The zero-order valence-electron chi connectivity index (χ0n) is 14.0. The second kappa shape index (κ2) is 8.56. The van der Waals surface area contributed by atoms with E-state index in [9.17, 15) is 4.79 Å². The number of carbonyl (C=O) groups is 1. The Bertz CT molecular complexity index is 597. The molecule has 24 heavy (non-hydrogen) atoms. The van der Waals surface area contributed by atoms with Crippen LogP contribution in [0.1, 0.15) is 33.3 Å². The van der Waals surface area contributed by atoms with Crippen LogP contribution in [0.2, 0.25) is 0 Å². The first kappa shape index (κ1) is 21.3. The molecule has 0 aromatic heterocycles. The van der Waals surface area contributed by atoms with Gasteiger partial charge in [0.25, 0.3) is 0 Å². The number of thiocarbonyl (C=S) groups is 1. The fraction of sp³-hybridized carbons (Fsp3) is 0.500. The minimum atomic E-state index is -1.77. The van der Waals surface area contributed by atoms with Crippen molar-refractivity contribution in [2.75, 3.05) is 5.32 Å². The normalized spacial score (nSPS) is 13.1. The van der Waals surface area contributed by atoms with Gasteiger partial charge in [0.15, 0.2) is 5.11 Å². The van der Waals surface area contributed by atoms with Crippen molar-refractivity contribution in [3.8, 4) is 0 Å². The van der Waals surface area contributed by atoms with Crippen LogP contribution >= 0.6 is 47.0 Å². The second-order valence-electron chi connectivity index (χ2n) is 6.31. The lowest BCUT2D eigenvalue weighted by Crippen LogP contribution is -2.58. The molecule has 8 heteroatoms. The van der Waals surface area contributed by atoms with Crippen molar-refractivity contribution >= 4 is 63.7 Å². The Morgan fingerprint density at radius 2 is 1.75 bits per heavy atom. The Morgan fingerprint density at radius 1 is 1.17 bits per heavy atom. The molecular weight excluding hydrogens is 389 g/mol. The number of nitrogens with one attached hydrogen (secondary N) is 3. The van der Waals surface area contributed by atoms with Gasteiger partial charge in [-0.25, -0.2) is 0 Å². The van der Waals surface area contributed by atoms with Crippen molar-refractivity contribution < 1.29 is 4.79 Å². The van der Waals surface area contributed by atoms with Gasteiger partial charge in [-0.2, -0.15) is 0 Å². The van der Waals surface area contributed by atoms with Crippen LogP contribution in [-0.4, -0.2) is 21.0 Å². The third-order valence-electron chi connectivity index (χ3n) is 3.21. The zero-order valence-corrected chi connectivity index (χ0v) is 17.1. The monoisotopic (exact) mass is 409 g/mol. The van der Waals surface area contributed by atoms with Gasteiger partial charge in [0.2, 0.25) is 9.70 Å². The first-order valence-corrected chi connectivity index (χ1v) is 9.02. The van der Waals surface area contributed by atoms with Gasteiger partial charge >= 0.3 is 0 Å². The summed E-state index contributed by atoms with van der Waals surface area (Å²) in [6, 6.07) is 7.76. The van der Waals surface area contributed by atoms with Crippen molar-refractivity contribution in [1.82, 2.24) is 10.6 Å². The highest BCUT2D eigenvalue weighted by molar-refractivity contribution is 7.80. The zero-order chi connectivity index (χ0) is 18.5. The Balaban J connectivity index is 2.83. The molecular formula is C16H22Cl3N3OS. The molecule has 0 radical (unpaired) electrons. The minimum Gasteiger partial charge on any atom is -0.339 e. The van der Waals surface area contributed by atoms with Crippen molar-refractivity contribution in [3.63, 3.8) is 0 Å². The SMILES string of the molecule is CCc1ccccc1NC(=S)NC(NC(=O)C(C)(C)C)C(Cl)(Cl)Cl. The Hall–Kier alpha value is -0.750. The summed E-state index contributed by atoms with van der Waals surface area (Å²) < 4.78 is -1.77. The lowest BCUT2D eigenvalue weighted by atomic mass is 9.95. The van der Waals surface area contributed by atoms with Crippen LogP contribution in [0.3, 0.4) is 0 Å². The number of anilines is 1. The second-order valence-corrected chi connectivity index (χ2v) is 9.08. The molecule has 0 aliphatic rings. The van der Waals surface area contributed by atoms with E-state index in [2.05, 4.69) is 16.0 Å². The number of amides is 1. The molecule has 134 valence electrons. The van der Waals surface area contributed by atoms with Crippen LogP contribution in [-0.2, 0) is 11.2 Å². The Labute approximate surface area is 163 Å². The molecule has 0 saturated carbocycles. The maximum Gasteiger partial charge on any atom is 0.228 e. The summed E-state index contributed by atoms with van der Waals surface area (Å²) in [5, 5.41) is 8.84. The third-order valence-corrected chi connectivity index (χ3v) is 4.08. The van der Waals surface area contributed by atoms with E-state index in [1.807, 2.05) is 31.2 Å². The molecule has 1 aromatic carbocycles. The molecule has 0 aliphatic carbocycles. The van der Waals surface area contributed by atoms with Crippen LogP contribution < -0.4 is 16.0 Å². The molecule has 1 unspecified atom stereocenters. The van der Waals surface area contributed by atoms with Crippen molar-refractivity contribution in [3.05, 3.63) is 29.8 Å². The molecule has 0 aliphatic heterocycles. The molecule has 1 atom stereocenters. The minimum absolute atomic E-state index is 0.251. The van der Waals surface area contributed by atoms with Crippen LogP contribution in [0.5, 0.6) is 0 Å². The van der Waals surface area contributed by atoms with E-state index < -0.39 is 15.4 Å². The van der Waals surface area contributed by atoms with Gasteiger partial charge in [-0.3, -0.25) is 4.79 Å². The van der Waals surface area contributed by atoms with Gasteiger partial charge in [-0.05, 0) is 30.3 Å². The summed E-state index contributed by atoms with van der Waals surface area (Å²) in [7, 11) is 0. The molecule has 0 heterocycles. The van der Waals surface area contributed by atoms with E-state index in [-0.39, 0.29) is 11.0 Å². The van der Waals surface area contributed by atoms with Gasteiger partial charge in [0.05, 0.1) is 0 Å². The predicted molar refractivity (Wildman–Crippen MR) is 107 cm³/mol. The van der Waals surface area contributed by atoms with Gasteiger partial charge < -0.3 is 16.0 Å². The molecule has 0 bridgehead atoms. The van der Waals surface area contributed by atoms with Crippen molar-refractivity contribution in [1.29, 1.82) is 0 Å². The molecule has 1 aromatic rings. The number of hydrogen-bond donors (Lipinski definition) is 3. The third kappa shape index (κ3) is 6.63. The lowest BCUT2D eigenvalue weighted by Gasteiger charge is -2.30. The number of aryl methyl sites for hydroxylation is 1. The molecule has 0 saturated heterocycles. The molecule has 0 fully saturated rings. The van der Waals surface area contributed by atoms with E-state index in [4.69, 9.17) is 47.0 Å². The molecule has 1 amide bonds. The standard InChI is InChI=1S/C16H22Cl3N3OS/c1-5-10-8-6-7-9-11(10)20-14(24)22-12(16(17,18)19)21-13(23)15(2,3)4/h6-9,12H,5H2,1-4H3,(H,21,23)(H2,20,22,24). The smallest absolute Gasteiger partial charge is 0.228 e. The number of para-hydroxylation sites is 1. The summed E-state index contributed by atoms with van der Waals surface area (Å²) in [5.41, 5.74) is 1.34. The van der Waals surface area contributed by atoms with Gasteiger partial charge in [-0.1, -0.05) is 80.7 Å². The van der Waals surface area contributed by atoms with Crippen LogP contribution in [0.4, 0.5) is 5.69 Å². The highest BCUT2D eigenvalue weighted by atomic mass is 35.6. The van der Waals surface area contributed by atoms with Crippen LogP contribution in [0.15, 0.2) is 24.3 Å². The van der Waals surface area contributed by atoms with E-state index in [0.717, 1.165) is 17.7 Å². The molecule has 1 rings (SSSR count). The maximum atomic E-state index is 12.2. The molecule has 4 nitrogen and oxygen atoms in total. The summed E-state index contributed by atoms with van der Waals surface area (Å²) in [5.74, 6) is -0.261. The summed E-state index contributed by atoms with van der Waals surface area (Å²) in [4.78, 5) is 12.2. The highest BCUT2D eigenvalue weighted by Gasteiger charge is 2.36.